The maximum Gasteiger partial charge on any atom is 0.123 e. The molecule has 0 aromatic heterocycles. The molecular formula is C17H27FN2. The number of halogens is 1. The average Bonchev–Trinajstić information content (AvgIpc) is 2.38. The standard InChI is InChI=1S/C17H27FN2/c1-17(2,3)16(13-5-7-14(18)8-6-13)19-15-9-11-20(4)12-10-15/h5-8,15-16,19H,9-12H2,1-4H3. The summed E-state index contributed by atoms with van der Waals surface area (Å²) in [4.78, 5) is 2.38. The second kappa shape index (κ2) is 6.23. The van der Waals surface area contributed by atoms with Gasteiger partial charge in [-0.1, -0.05) is 32.9 Å². The fourth-order valence-corrected chi connectivity index (χ4v) is 2.91. The molecule has 2 rings (SSSR count). The third-order valence-corrected chi connectivity index (χ3v) is 4.19. The first-order chi connectivity index (χ1) is 9.36. The van der Waals surface area contributed by atoms with Crippen LogP contribution in [-0.4, -0.2) is 31.1 Å². The number of rotatable bonds is 3. The predicted molar refractivity (Wildman–Crippen MR) is 82.3 cm³/mol. The van der Waals surface area contributed by atoms with E-state index in [1.807, 2.05) is 12.1 Å². The maximum atomic E-state index is 13.1. The SMILES string of the molecule is CN1CCC(NC(c2ccc(F)cc2)C(C)(C)C)CC1. The van der Waals surface area contributed by atoms with E-state index in [2.05, 4.69) is 38.0 Å². The molecule has 1 N–H and O–H groups in total. The van der Waals surface area contributed by atoms with Gasteiger partial charge in [-0.2, -0.15) is 0 Å². The molecule has 0 saturated carbocycles. The van der Waals surface area contributed by atoms with Crippen LogP contribution in [0.15, 0.2) is 24.3 Å². The van der Waals surface area contributed by atoms with Gasteiger partial charge in [-0.3, -0.25) is 0 Å². The van der Waals surface area contributed by atoms with Crippen molar-refractivity contribution >= 4 is 0 Å². The van der Waals surface area contributed by atoms with E-state index in [1.165, 1.54) is 18.4 Å². The molecule has 1 aromatic rings. The van der Waals surface area contributed by atoms with Crippen molar-refractivity contribution in [1.29, 1.82) is 0 Å². The van der Waals surface area contributed by atoms with Crippen LogP contribution in [0, 0.1) is 11.2 Å². The Morgan fingerprint density at radius 1 is 1.15 bits per heavy atom. The molecule has 20 heavy (non-hydrogen) atoms. The molecule has 1 unspecified atom stereocenters. The Morgan fingerprint density at radius 3 is 2.20 bits per heavy atom. The zero-order valence-corrected chi connectivity index (χ0v) is 13.1. The van der Waals surface area contributed by atoms with Gasteiger partial charge in [0.2, 0.25) is 0 Å². The lowest BCUT2D eigenvalue weighted by molar-refractivity contribution is 0.186. The molecule has 0 radical (unpaired) electrons. The molecule has 0 aliphatic carbocycles. The van der Waals surface area contributed by atoms with E-state index in [4.69, 9.17) is 0 Å². The highest BCUT2D eigenvalue weighted by Crippen LogP contribution is 2.34. The van der Waals surface area contributed by atoms with Crippen LogP contribution in [0.5, 0.6) is 0 Å². The molecule has 2 nitrogen and oxygen atoms in total. The zero-order valence-electron chi connectivity index (χ0n) is 13.1. The van der Waals surface area contributed by atoms with Crippen LogP contribution in [0.2, 0.25) is 0 Å². The molecular weight excluding hydrogens is 251 g/mol. The predicted octanol–water partition coefficient (Wildman–Crippen LogP) is 3.60. The average molecular weight is 278 g/mol. The van der Waals surface area contributed by atoms with Crippen LogP contribution in [0.25, 0.3) is 0 Å². The maximum absolute atomic E-state index is 13.1. The summed E-state index contributed by atoms with van der Waals surface area (Å²) in [5, 5.41) is 3.80. The summed E-state index contributed by atoms with van der Waals surface area (Å²) in [6.07, 6.45) is 2.37. The number of hydrogen-bond donors (Lipinski definition) is 1. The minimum atomic E-state index is -0.166. The van der Waals surface area contributed by atoms with Crippen LogP contribution >= 0.6 is 0 Å². The summed E-state index contributed by atoms with van der Waals surface area (Å²) in [6.45, 7) is 9.02. The summed E-state index contributed by atoms with van der Waals surface area (Å²) in [6, 6.07) is 7.76. The molecule has 0 amide bonds. The van der Waals surface area contributed by atoms with Crippen LogP contribution < -0.4 is 5.32 Å². The van der Waals surface area contributed by atoms with Crippen molar-refractivity contribution in [3.8, 4) is 0 Å². The van der Waals surface area contributed by atoms with Gasteiger partial charge in [-0.05, 0) is 56.1 Å². The lowest BCUT2D eigenvalue weighted by Gasteiger charge is -2.38. The normalized spacial score (nSPS) is 20.1. The number of piperidine rings is 1. The molecule has 3 heteroatoms. The van der Waals surface area contributed by atoms with Crippen LogP contribution in [0.1, 0.15) is 45.2 Å². The Labute approximate surface area is 122 Å². The second-order valence-electron chi connectivity index (χ2n) is 7.09. The lowest BCUT2D eigenvalue weighted by Crippen LogP contribution is -2.45. The van der Waals surface area contributed by atoms with Crippen LogP contribution in [0.4, 0.5) is 4.39 Å². The first kappa shape index (κ1) is 15.5. The molecule has 1 atom stereocenters. The third kappa shape index (κ3) is 4.03. The van der Waals surface area contributed by atoms with E-state index < -0.39 is 0 Å². The third-order valence-electron chi connectivity index (χ3n) is 4.19. The Bertz CT molecular complexity index is 414. The van der Waals surface area contributed by atoms with Crippen molar-refractivity contribution in [2.24, 2.45) is 5.41 Å². The van der Waals surface area contributed by atoms with Crippen molar-refractivity contribution < 1.29 is 4.39 Å². The Hall–Kier alpha value is -0.930. The lowest BCUT2D eigenvalue weighted by atomic mass is 9.81. The van der Waals surface area contributed by atoms with E-state index >= 15 is 0 Å². The van der Waals surface area contributed by atoms with E-state index in [0.29, 0.717) is 6.04 Å². The van der Waals surface area contributed by atoms with Crippen molar-refractivity contribution in [3.63, 3.8) is 0 Å². The largest absolute Gasteiger partial charge is 0.307 e. The van der Waals surface area contributed by atoms with Gasteiger partial charge >= 0.3 is 0 Å². The highest BCUT2D eigenvalue weighted by Gasteiger charge is 2.29. The molecule has 112 valence electrons. The molecule has 1 aromatic carbocycles. The van der Waals surface area contributed by atoms with Crippen LogP contribution in [-0.2, 0) is 0 Å². The van der Waals surface area contributed by atoms with E-state index in [9.17, 15) is 4.39 Å². The number of nitrogens with zero attached hydrogens (tertiary/aromatic N) is 1. The van der Waals surface area contributed by atoms with Gasteiger partial charge in [0.1, 0.15) is 5.82 Å². The van der Waals surface area contributed by atoms with E-state index in [0.717, 1.165) is 13.1 Å². The Balaban J connectivity index is 2.10. The summed E-state index contributed by atoms with van der Waals surface area (Å²) in [5.74, 6) is -0.166. The topological polar surface area (TPSA) is 15.3 Å². The molecule has 1 heterocycles. The van der Waals surface area contributed by atoms with Crippen LogP contribution in [0.3, 0.4) is 0 Å². The quantitative estimate of drug-likeness (QED) is 0.909. The first-order valence-corrected chi connectivity index (χ1v) is 7.56. The van der Waals surface area contributed by atoms with Crippen molar-refractivity contribution in [1.82, 2.24) is 10.2 Å². The fraction of sp³-hybridized carbons (Fsp3) is 0.647. The monoisotopic (exact) mass is 278 g/mol. The van der Waals surface area contributed by atoms with Gasteiger partial charge in [-0.15, -0.1) is 0 Å². The van der Waals surface area contributed by atoms with Crippen molar-refractivity contribution in [2.75, 3.05) is 20.1 Å². The van der Waals surface area contributed by atoms with Gasteiger partial charge in [0.25, 0.3) is 0 Å². The number of benzene rings is 1. The van der Waals surface area contributed by atoms with E-state index in [-0.39, 0.29) is 17.3 Å². The van der Waals surface area contributed by atoms with Gasteiger partial charge in [0, 0.05) is 12.1 Å². The van der Waals surface area contributed by atoms with E-state index in [1.54, 1.807) is 12.1 Å². The summed E-state index contributed by atoms with van der Waals surface area (Å²) in [7, 11) is 2.18. The molecule has 1 aliphatic heterocycles. The van der Waals surface area contributed by atoms with Crippen molar-refractivity contribution in [3.05, 3.63) is 35.6 Å². The molecule has 0 spiro atoms. The van der Waals surface area contributed by atoms with Gasteiger partial charge in [-0.25, -0.2) is 4.39 Å². The molecule has 0 bridgehead atoms. The minimum Gasteiger partial charge on any atom is -0.307 e. The zero-order chi connectivity index (χ0) is 14.8. The highest BCUT2D eigenvalue weighted by molar-refractivity contribution is 5.22. The van der Waals surface area contributed by atoms with Crippen molar-refractivity contribution in [2.45, 2.75) is 45.7 Å². The number of likely N-dealkylation sites (tertiary alicyclic amines) is 1. The highest BCUT2D eigenvalue weighted by atomic mass is 19.1. The smallest absolute Gasteiger partial charge is 0.123 e. The molecule has 1 saturated heterocycles. The summed E-state index contributed by atoms with van der Waals surface area (Å²) >= 11 is 0. The Morgan fingerprint density at radius 2 is 1.70 bits per heavy atom. The summed E-state index contributed by atoms with van der Waals surface area (Å²) < 4.78 is 13.1. The first-order valence-electron chi connectivity index (χ1n) is 7.56. The van der Waals surface area contributed by atoms with Gasteiger partial charge in [0.15, 0.2) is 0 Å². The number of hydrogen-bond acceptors (Lipinski definition) is 2. The molecule has 1 fully saturated rings. The van der Waals surface area contributed by atoms with Gasteiger partial charge < -0.3 is 10.2 Å². The second-order valence-corrected chi connectivity index (χ2v) is 7.09. The fourth-order valence-electron chi connectivity index (χ4n) is 2.91. The summed E-state index contributed by atoms with van der Waals surface area (Å²) in [5.41, 5.74) is 1.29. The van der Waals surface area contributed by atoms with Gasteiger partial charge in [0.05, 0.1) is 0 Å². The number of nitrogens with one attached hydrogen (secondary N) is 1. The Kier molecular flexibility index (Phi) is 4.82. The molecule has 1 aliphatic rings. The minimum absolute atomic E-state index is 0.112.